The van der Waals surface area contributed by atoms with Crippen LogP contribution in [0.3, 0.4) is 0 Å². The lowest BCUT2D eigenvalue weighted by Gasteiger charge is -2.11. The van der Waals surface area contributed by atoms with Gasteiger partial charge in [0.15, 0.2) is 0 Å². The first-order valence-corrected chi connectivity index (χ1v) is 4.79. The van der Waals surface area contributed by atoms with Crippen molar-refractivity contribution in [2.24, 2.45) is 0 Å². The Hall–Kier alpha value is -0.720. The van der Waals surface area contributed by atoms with E-state index in [0.29, 0.717) is 0 Å². The average molecular weight is 168 g/mol. The van der Waals surface area contributed by atoms with Crippen LogP contribution >= 0.6 is 0 Å². The van der Waals surface area contributed by atoms with Gasteiger partial charge >= 0.3 is 0 Å². The summed E-state index contributed by atoms with van der Waals surface area (Å²) in [4.78, 5) is 0. The lowest BCUT2D eigenvalue weighted by atomic mass is 10.0. The van der Waals surface area contributed by atoms with Crippen LogP contribution in [0.5, 0.6) is 0 Å². The molecule has 0 fully saturated rings. The number of ether oxygens (including phenoxy) is 1. The Bertz CT molecular complexity index is 146. The number of allylic oxidation sites excluding steroid dienone is 4. The zero-order valence-corrected chi connectivity index (χ0v) is 8.68. The molecule has 0 bridgehead atoms. The highest BCUT2D eigenvalue weighted by Crippen LogP contribution is 2.20. The number of rotatable bonds is 2. The number of hydrogen-bond donors (Lipinski definition) is 0. The number of hydrogen-bond acceptors (Lipinski definition) is 1. The van der Waals surface area contributed by atoms with Gasteiger partial charge in [-0.3, -0.25) is 0 Å². The van der Waals surface area contributed by atoms with E-state index in [-0.39, 0.29) is 0 Å². The van der Waals surface area contributed by atoms with Crippen molar-refractivity contribution in [1.29, 1.82) is 0 Å². The van der Waals surface area contributed by atoms with Crippen LogP contribution in [-0.4, -0.2) is 7.11 Å². The Labute approximate surface area is 76.1 Å². The van der Waals surface area contributed by atoms with Gasteiger partial charge in [-0.1, -0.05) is 32.4 Å². The van der Waals surface area contributed by atoms with Gasteiger partial charge in [0.1, 0.15) is 0 Å². The molecule has 0 radical (unpaired) electrons. The molecule has 1 nitrogen and oxygen atoms in total. The SMILES string of the molecule is CC.CCC1=CC=C(OC)CC1. The van der Waals surface area contributed by atoms with Crippen molar-refractivity contribution in [1.82, 2.24) is 0 Å². The van der Waals surface area contributed by atoms with Crippen molar-refractivity contribution in [2.45, 2.75) is 40.0 Å². The molecule has 0 aromatic rings. The van der Waals surface area contributed by atoms with Crippen molar-refractivity contribution >= 4 is 0 Å². The fourth-order valence-corrected chi connectivity index (χ4v) is 1.13. The van der Waals surface area contributed by atoms with Crippen molar-refractivity contribution in [2.75, 3.05) is 7.11 Å². The summed E-state index contributed by atoms with van der Waals surface area (Å²) in [5, 5.41) is 0. The second-order valence-electron chi connectivity index (χ2n) is 2.52. The fraction of sp³-hybridized carbons (Fsp3) is 0.636. The first-order chi connectivity index (χ1) is 5.86. The summed E-state index contributed by atoms with van der Waals surface area (Å²) in [6, 6.07) is 0. The first-order valence-electron chi connectivity index (χ1n) is 4.79. The summed E-state index contributed by atoms with van der Waals surface area (Å²) in [6.07, 6.45) is 7.67. The lowest BCUT2D eigenvalue weighted by molar-refractivity contribution is 0.275. The van der Waals surface area contributed by atoms with Gasteiger partial charge in [0.2, 0.25) is 0 Å². The van der Waals surface area contributed by atoms with E-state index in [1.54, 1.807) is 7.11 Å². The van der Waals surface area contributed by atoms with Gasteiger partial charge in [0.25, 0.3) is 0 Å². The Morgan fingerprint density at radius 2 is 1.92 bits per heavy atom. The monoisotopic (exact) mass is 168 g/mol. The molecule has 0 saturated carbocycles. The zero-order chi connectivity index (χ0) is 9.40. The van der Waals surface area contributed by atoms with E-state index >= 15 is 0 Å². The third-order valence-corrected chi connectivity index (χ3v) is 1.91. The Kier molecular flexibility index (Phi) is 6.54. The van der Waals surface area contributed by atoms with Crippen molar-refractivity contribution < 1.29 is 4.74 Å². The van der Waals surface area contributed by atoms with Gasteiger partial charge in [0, 0.05) is 6.42 Å². The summed E-state index contributed by atoms with van der Waals surface area (Å²) < 4.78 is 5.10. The van der Waals surface area contributed by atoms with E-state index in [2.05, 4.69) is 19.1 Å². The predicted molar refractivity (Wildman–Crippen MR) is 54.0 cm³/mol. The third-order valence-electron chi connectivity index (χ3n) is 1.91. The van der Waals surface area contributed by atoms with Gasteiger partial charge in [-0.05, 0) is 18.9 Å². The molecule has 0 aromatic heterocycles. The molecule has 0 amide bonds. The van der Waals surface area contributed by atoms with Crippen LogP contribution < -0.4 is 0 Å². The van der Waals surface area contributed by atoms with Crippen molar-refractivity contribution in [3.05, 3.63) is 23.5 Å². The van der Waals surface area contributed by atoms with Gasteiger partial charge in [0.05, 0.1) is 12.9 Å². The van der Waals surface area contributed by atoms with Gasteiger partial charge in [-0.15, -0.1) is 0 Å². The molecule has 1 heteroatoms. The molecule has 0 heterocycles. The van der Waals surface area contributed by atoms with Crippen LogP contribution in [0.15, 0.2) is 23.5 Å². The van der Waals surface area contributed by atoms with Crippen LogP contribution in [0.4, 0.5) is 0 Å². The van der Waals surface area contributed by atoms with E-state index in [4.69, 9.17) is 4.74 Å². The minimum absolute atomic E-state index is 1.08. The maximum absolute atomic E-state index is 5.10. The minimum Gasteiger partial charge on any atom is -0.501 e. The third kappa shape index (κ3) is 3.61. The Balaban J connectivity index is 0.000000561. The highest BCUT2D eigenvalue weighted by Gasteiger charge is 2.03. The summed E-state index contributed by atoms with van der Waals surface area (Å²) in [6.45, 7) is 6.19. The van der Waals surface area contributed by atoms with Gasteiger partial charge in [-0.25, -0.2) is 0 Å². The van der Waals surface area contributed by atoms with E-state index in [1.807, 2.05) is 13.8 Å². The predicted octanol–water partition coefficient (Wildman–Crippen LogP) is 3.67. The minimum atomic E-state index is 1.08. The van der Waals surface area contributed by atoms with E-state index in [0.717, 1.165) is 12.2 Å². The molecule has 0 spiro atoms. The standard InChI is InChI=1S/C9H14O.C2H6/c1-3-8-4-6-9(10-2)7-5-8;1-2/h4,6H,3,5,7H2,1-2H3;1-2H3. The van der Waals surface area contributed by atoms with Crippen molar-refractivity contribution in [3.8, 4) is 0 Å². The van der Waals surface area contributed by atoms with E-state index < -0.39 is 0 Å². The van der Waals surface area contributed by atoms with Crippen LogP contribution in [0.25, 0.3) is 0 Å². The summed E-state index contributed by atoms with van der Waals surface area (Å²) in [5.41, 5.74) is 1.53. The Morgan fingerprint density at radius 1 is 1.25 bits per heavy atom. The molecule has 0 atom stereocenters. The molecule has 1 rings (SSSR count). The molecule has 0 unspecified atom stereocenters. The molecule has 0 N–H and O–H groups in total. The second kappa shape index (κ2) is 6.96. The Morgan fingerprint density at radius 3 is 2.25 bits per heavy atom. The number of methoxy groups -OCH3 is 1. The van der Waals surface area contributed by atoms with Crippen molar-refractivity contribution in [3.63, 3.8) is 0 Å². The smallest absolute Gasteiger partial charge is 0.0958 e. The average Bonchev–Trinajstić information content (AvgIpc) is 2.21. The lowest BCUT2D eigenvalue weighted by Crippen LogP contribution is -1.93. The van der Waals surface area contributed by atoms with Gasteiger partial charge < -0.3 is 4.74 Å². The van der Waals surface area contributed by atoms with Crippen LogP contribution in [-0.2, 0) is 4.74 Å². The molecule has 70 valence electrons. The second-order valence-corrected chi connectivity index (χ2v) is 2.52. The molecule has 0 saturated heterocycles. The molecular formula is C11H20O. The zero-order valence-electron chi connectivity index (χ0n) is 8.68. The largest absolute Gasteiger partial charge is 0.501 e. The highest BCUT2D eigenvalue weighted by atomic mass is 16.5. The van der Waals surface area contributed by atoms with E-state index in [9.17, 15) is 0 Å². The highest BCUT2D eigenvalue weighted by molar-refractivity contribution is 5.20. The molecule has 0 aliphatic heterocycles. The molecule has 1 aliphatic carbocycles. The molecular weight excluding hydrogens is 148 g/mol. The maximum atomic E-state index is 5.10. The normalized spacial score (nSPS) is 15.3. The van der Waals surface area contributed by atoms with Gasteiger partial charge in [-0.2, -0.15) is 0 Å². The molecule has 1 aliphatic rings. The summed E-state index contributed by atoms with van der Waals surface area (Å²) >= 11 is 0. The van der Waals surface area contributed by atoms with Crippen LogP contribution in [0.2, 0.25) is 0 Å². The molecule has 12 heavy (non-hydrogen) atoms. The summed E-state index contributed by atoms with van der Waals surface area (Å²) in [7, 11) is 1.73. The maximum Gasteiger partial charge on any atom is 0.0958 e. The quantitative estimate of drug-likeness (QED) is 0.611. The van der Waals surface area contributed by atoms with E-state index in [1.165, 1.54) is 18.4 Å². The topological polar surface area (TPSA) is 9.23 Å². The fourth-order valence-electron chi connectivity index (χ4n) is 1.13. The summed E-state index contributed by atoms with van der Waals surface area (Å²) in [5.74, 6) is 1.11. The van der Waals surface area contributed by atoms with Crippen LogP contribution in [0.1, 0.15) is 40.0 Å². The van der Waals surface area contributed by atoms with Crippen LogP contribution in [0, 0.1) is 0 Å². The molecule has 0 aromatic carbocycles. The first kappa shape index (κ1) is 11.3.